The highest BCUT2D eigenvalue weighted by molar-refractivity contribution is 6.00. The molecule has 1 unspecified atom stereocenters. The Hall–Kier alpha value is -2.63. The van der Waals surface area contributed by atoms with E-state index in [1.54, 1.807) is 36.5 Å². The minimum absolute atomic E-state index is 0.0850. The summed E-state index contributed by atoms with van der Waals surface area (Å²) in [6.45, 7) is 1.88. The van der Waals surface area contributed by atoms with Gasteiger partial charge < -0.3 is 15.8 Å². The van der Waals surface area contributed by atoms with Gasteiger partial charge in [0.2, 0.25) is 0 Å². The molecule has 3 N–H and O–H groups in total. The molecule has 0 aliphatic heterocycles. The molecule has 2 rings (SSSR count). The van der Waals surface area contributed by atoms with Crippen molar-refractivity contribution in [1.82, 2.24) is 4.98 Å². The third-order valence-electron chi connectivity index (χ3n) is 3.45. The van der Waals surface area contributed by atoms with Gasteiger partial charge in [0.05, 0.1) is 11.7 Å². The molecule has 1 atom stereocenters. The average molecular weight is 288 g/mol. The summed E-state index contributed by atoms with van der Waals surface area (Å²) >= 11 is 0. The van der Waals surface area contributed by atoms with E-state index in [1.165, 1.54) is 6.07 Å². The molecule has 0 aliphatic carbocycles. The first-order valence-electron chi connectivity index (χ1n) is 6.46. The van der Waals surface area contributed by atoms with Gasteiger partial charge in [-0.3, -0.25) is 4.98 Å². The van der Waals surface area contributed by atoms with E-state index in [4.69, 9.17) is 10.9 Å². The number of oxime groups is 1. The van der Waals surface area contributed by atoms with Gasteiger partial charge in [-0.05, 0) is 25.1 Å². The van der Waals surface area contributed by atoms with Gasteiger partial charge in [-0.2, -0.15) is 0 Å². The quantitative estimate of drug-likeness (QED) is 0.392. The van der Waals surface area contributed by atoms with Crippen molar-refractivity contribution in [2.45, 2.75) is 13.0 Å². The van der Waals surface area contributed by atoms with Crippen LogP contribution in [0.15, 0.2) is 47.8 Å². The molecule has 0 aliphatic rings. The molecule has 1 aromatic carbocycles. The van der Waals surface area contributed by atoms with Gasteiger partial charge >= 0.3 is 0 Å². The average Bonchev–Trinajstić information content (AvgIpc) is 2.53. The number of nitrogens with two attached hydrogens (primary N) is 1. The summed E-state index contributed by atoms with van der Waals surface area (Å²) in [6.07, 6.45) is 1.55. The number of pyridine rings is 1. The number of hydrogen-bond donors (Lipinski definition) is 2. The van der Waals surface area contributed by atoms with E-state index < -0.39 is 0 Å². The Morgan fingerprint density at radius 3 is 2.71 bits per heavy atom. The van der Waals surface area contributed by atoms with Crippen molar-refractivity contribution >= 4 is 11.5 Å². The van der Waals surface area contributed by atoms with Crippen molar-refractivity contribution < 1.29 is 9.60 Å². The second-order valence-electron chi connectivity index (χ2n) is 4.66. The highest BCUT2D eigenvalue weighted by Crippen LogP contribution is 2.28. The second kappa shape index (κ2) is 6.21. The predicted molar refractivity (Wildman–Crippen MR) is 80.0 cm³/mol. The van der Waals surface area contributed by atoms with Crippen molar-refractivity contribution in [1.29, 1.82) is 0 Å². The van der Waals surface area contributed by atoms with E-state index in [0.717, 1.165) is 0 Å². The van der Waals surface area contributed by atoms with Crippen LogP contribution >= 0.6 is 0 Å². The Balaban J connectivity index is 2.41. The largest absolute Gasteiger partial charge is 0.409 e. The van der Waals surface area contributed by atoms with Gasteiger partial charge in [0, 0.05) is 18.8 Å². The lowest BCUT2D eigenvalue weighted by atomic mass is 10.1. The summed E-state index contributed by atoms with van der Waals surface area (Å²) in [5.41, 5.74) is 7.21. The third-order valence-corrected chi connectivity index (χ3v) is 3.45. The lowest BCUT2D eigenvalue weighted by Gasteiger charge is -2.28. The molecule has 0 radical (unpaired) electrons. The van der Waals surface area contributed by atoms with Crippen LogP contribution in [-0.4, -0.2) is 23.1 Å². The molecule has 1 aromatic heterocycles. The maximum Gasteiger partial charge on any atom is 0.190 e. The zero-order chi connectivity index (χ0) is 15.4. The molecule has 0 saturated carbocycles. The van der Waals surface area contributed by atoms with E-state index in [1.807, 2.05) is 18.9 Å². The highest BCUT2D eigenvalue weighted by atomic mass is 19.1. The standard InChI is InChI=1S/C15H17FN4O/c1-10(11-6-3-4-7-12(11)16)20(2)13-8-5-9-18-14(13)15(17)19-21/h3-10,21H,1-2H3,(H2,17,19). The number of hydrogen-bond acceptors (Lipinski definition) is 4. The van der Waals surface area contributed by atoms with E-state index in [9.17, 15) is 4.39 Å². The Morgan fingerprint density at radius 2 is 2.05 bits per heavy atom. The lowest BCUT2D eigenvalue weighted by molar-refractivity contribution is 0.318. The molecule has 0 saturated heterocycles. The fourth-order valence-corrected chi connectivity index (χ4v) is 2.16. The van der Waals surface area contributed by atoms with Gasteiger partial charge in [0.1, 0.15) is 11.5 Å². The topological polar surface area (TPSA) is 74.7 Å². The third kappa shape index (κ3) is 2.94. The van der Waals surface area contributed by atoms with Crippen LogP contribution in [0.4, 0.5) is 10.1 Å². The zero-order valence-electron chi connectivity index (χ0n) is 11.9. The van der Waals surface area contributed by atoms with Crippen molar-refractivity contribution in [2.75, 3.05) is 11.9 Å². The van der Waals surface area contributed by atoms with Crippen molar-refractivity contribution in [3.8, 4) is 0 Å². The number of amidine groups is 1. The van der Waals surface area contributed by atoms with Crippen LogP contribution in [0.5, 0.6) is 0 Å². The number of anilines is 1. The Labute approximate surface area is 122 Å². The van der Waals surface area contributed by atoms with Crippen LogP contribution in [0, 0.1) is 5.82 Å². The first-order valence-corrected chi connectivity index (χ1v) is 6.46. The monoisotopic (exact) mass is 288 g/mol. The summed E-state index contributed by atoms with van der Waals surface area (Å²) in [4.78, 5) is 5.95. The highest BCUT2D eigenvalue weighted by Gasteiger charge is 2.19. The lowest BCUT2D eigenvalue weighted by Crippen LogP contribution is -2.27. The number of benzene rings is 1. The Bertz CT molecular complexity index is 660. The summed E-state index contributed by atoms with van der Waals surface area (Å²) in [6, 6.07) is 9.89. The Kier molecular flexibility index (Phi) is 4.37. The minimum atomic E-state index is -0.272. The molecular formula is C15H17FN4O. The van der Waals surface area contributed by atoms with Gasteiger partial charge in [-0.15, -0.1) is 0 Å². The number of nitrogens with zero attached hydrogens (tertiary/aromatic N) is 3. The molecule has 6 heteroatoms. The fraction of sp³-hybridized carbons (Fsp3) is 0.200. The summed E-state index contributed by atoms with van der Waals surface area (Å²) < 4.78 is 13.9. The van der Waals surface area contributed by atoms with Crippen LogP contribution in [0.3, 0.4) is 0 Å². The molecule has 0 fully saturated rings. The molecule has 0 spiro atoms. The van der Waals surface area contributed by atoms with E-state index in [2.05, 4.69) is 10.1 Å². The molecular weight excluding hydrogens is 271 g/mol. The predicted octanol–water partition coefficient (Wildman–Crippen LogP) is 2.51. The van der Waals surface area contributed by atoms with Gasteiger partial charge in [-0.1, -0.05) is 23.4 Å². The maximum atomic E-state index is 13.9. The van der Waals surface area contributed by atoms with Crippen molar-refractivity contribution in [3.63, 3.8) is 0 Å². The smallest absolute Gasteiger partial charge is 0.190 e. The second-order valence-corrected chi connectivity index (χ2v) is 4.66. The summed E-state index contributed by atoms with van der Waals surface area (Å²) in [7, 11) is 1.81. The first kappa shape index (κ1) is 14.8. The minimum Gasteiger partial charge on any atom is -0.409 e. The van der Waals surface area contributed by atoms with Gasteiger partial charge in [-0.25, -0.2) is 4.39 Å². The molecule has 2 aromatic rings. The molecule has 21 heavy (non-hydrogen) atoms. The maximum absolute atomic E-state index is 13.9. The van der Waals surface area contributed by atoms with E-state index in [-0.39, 0.29) is 17.7 Å². The SMILES string of the molecule is CC(c1ccccc1F)N(C)c1cccnc1/C(N)=N/O. The van der Waals surface area contributed by atoms with Crippen LogP contribution in [0.2, 0.25) is 0 Å². The number of halogens is 1. The van der Waals surface area contributed by atoms with E-state index in [0.29, 0.717) is 16.9 Å². The number of aromatic nitrogens is 1. The molecule has 0 bridgehead atoms. The fourth-order valence-electron chi connectivity index (χ4n) is 2.16. The molecule has 1 heterocycles. The molecule has 0 amide bonds. The first-order chi connectivity index (χ1) is 10.1. The van der Waals surface area contributed by atoms with Crippen LogP contribution in [0.25, 0.3) is 0 Å². The molecule has 110 valence electrons. The van der Waals surface area contributed by atoms with Crippen LogP contribution in [-0.2, 0) is 0 Å². The normalized spacial score (nSPS) is 13.0. The summed E-state index contributed by atoms with van der Waals surface area (Å²) in [5, 5.41) is 11.8. The number of rotatable bonds is 4. The van der Waals surface area contributed by atoms with Crippen LogP contribution < -0.4 is 10.6 Å². The van der Waals surface area contributed by atoms with Crippen molar-refractivity contribution in [3.05, 3.63) is 59.7 Å². The van der Waals surface area contributed by atoms with Crippen LogP contribution in [0.1, 0.15) is 24.2 Å². The van der Waals surface area contributed by atoms with Gasteiger partial charge in [0.15, 0.2) is 5.84 Å². The molecule has 5 nitrogen and oxygen atoms in total. The van der Waals surface area contributed by atoms with Gasteiger partial charge in [0.25, 0.3) is 0 Å². The summed E-state index contributed by atoms with van der Waals surface area (Å²) in [5.74, 6) is -0.357. The Morgan fingerprint density at radius 1 is 1.33 bits per heavy atom. The van der Waals surface area contributed by atoms with E-state index >= 15 is 0 Å². The zero-order valence-corrected chi connectivity index (χ0v) is 11.9. The van der Waals surface area contributed by atoms with Crippen molar-refractivity contribution in [2.24, 2.45) is 10.9 Å².